The third-order valence-corrected chi connectivity index (χ3v) is 7.69. The maximum Gasteiger partial charge on any atom is 0.459 e. The zero-order chi connectivity index (χ0) is 29.2. The molecule has 0 saturated carbocycles. The van der Waals surface area contributed by atoms with Gasteiger partial charge in [-0.1, -0.05) is 18.2 Å². The highest BCUT2D eigenvalue weighted by Gasteiger charge is 2.54. The molecule has 6 atom stereocenters. The molecule has 1 aromatic carbocycles. The van der Waals surface area contributed by atoms with Crippen molar-refractivity contribution in [3.63, 3.8) is 0 Å². The van der Waals surface area contributed by atoms with Crippen LogP contribution >= 0.6 is 7.75 Å². The van der Waals surface area contributed by atoms with Crippen LogP contribution in [-0.4, -0.2) is 79.4 Å². The van der Waals surface area contributed by atoms with Crippen LogP contribution in [0.3, 0.4) is 0 Å². The zero-order valence-corrected chi connectivity index (χ0v) is 23.5. The highest BCUT2D eigenvalue weighted by Crippen LogP contribution is 2.47. The monoisotopic (exact) mass is 580 g/mol. The quantitative estimate of drug-likeness (QED) is 0.188. The van der Waals surface area contributed by atoms with Gasteiger partial charge in [0.1, 0.15) is 29.6 Å². The molecule has 0 radical (unpaired) electrons. The summed E-state index contributed by atoms with van der Waals surface area (Å²) in [6.45, 7) is 5.68. The number of rotatable bonds is 11. The maximum atomic E-state index is 13.8. The maximum absolute atomic E-state index is 13.8. The second-order valence-corrected chi connectivity index (χ2v) is 11.3. The number of fused-ring (bicyclic) bond motifs is 1. The summed E-state index contributed by atoms with van der Waals surface area (Å²) in [7, 11) is -2.85. The molecule has 1 saturated heterocycles. The SMILES string of the molecule is COc1nc(N)nc2c1ncn2[C@@H]1O[C@H](CO[P@@](=O)(NC(C)C(=O)OC(C)C)Oc2ccccc2)[C@@H](O)[C@@]1(C)O. The molecule has 40 heavy (non-hydrogen) atoms. The van der Waals surface area contributed by atoms with E-state index in [-0.39, 0.29) is 28.7 Å². The van der Waals surface area contributed by atoms with Crippen molar-refractivity contribution in [3.05, 3.63) is 36.7 Å². The first-order valence-corrected chi connectivity index (χ1v) is 14.0. The van der Waals surface area contributed by atoms with Gasteiger partial charge < -0.3 is 34.7 Å². The average Bonchev–Trinajstić information content (AvgIpc) is 3.40. The molecule has 0 bridgehead atoms. The van der Waals surface area contributed by atoms with E-state index in [2.05, 4.69) is 20.0 Å². The van der Waals surface area contributed by atoms with Gasteiger partial charge in [0, 0.05) is 0 Å². The van der Waals surface area contributed by atoms with Crippen LogP contribution in [0.4, 0.5) is 5.95 Å². The van der Waals surface area contributed by atoms with Crippen molar-refractivity contribution in [3.8, 4) is 11.6 Å². The topological polar surface area (TPSA) is 202 Å². The van der Waals surface area contributed by atoms with Crippen LogP contribution in [0.15, 0.2) is 36.7 Å². The van der Waals surface area contributed by atoms with Crippen molar-refractivity contribution in [1.29, 1.82) is 0 Å². The Balaban J connectivity index is 1.56. The lowest BCUT2D eigenvalue weighted by atomic mass is 9.96. The minimum absolute atomic E-state index is 0.0978. The molecule has 3 heterocycles. The number of ether oxygens (including phenoxy) is 3. The second kappa shape index (κ2) is 11.6. The zero-order valence-electron chi connectivity index (χ0n) is 22.6. The molecule has 5 N–H and O–H groups in total. The number of nitrogens with zero attached hydrogens (tertiary/aromatic N) is 4. The third kappa shape index (κ3) is 6.19. The summed E-state index contributed by atoms with van der Waals surface area (Å²) >= 11 is 0. The molecule has 1 aliphatic heterocycles. The van der Waals surface area contributed by atoms with Crippen LogP contribution in [0.5, 0.6) is 11.6 Å². The Morgan fingerprint density at radius 3 is 2.62 bits per heavy atom. The highest BCUT2D eigenvalue weighted by molar-refractivity contribution is 7.52. The number of methoxy groups -OCH3 is 1. The fraction of sp³-hybridized carbons (Fsp3) is 0.500. The fourth-order valence-electron chi connectivity index (χ4n) is 4.10. The number of hydrogen-bond donors (Lipinski definition) is 4. The molecule has 0 aliphatic carbocycles. The Kier molecular flexibility index (Phi) is 8.63. The predicted octanol–water partition coefficient (Wildman–Crippen LogP) is 1.56. The smallest absolute Gasteiger partial charge is 0.459 e. The van der Waals surface area contributed by atoms with Gasteiger partial charge in [-0.25, -0.2) is 9.55 Å². The molecule has 16 heteroatoms. The van der Waals surface area contributed by atoms with Gasteiger partial charge in [0.15, 0.2) is 17.4 Å². The molecule has 4 rings (SSSR count). The molecule has 0 spiro atoms. The van der Waals surface area contributed by atoms with Crippen molar-refractivity contribution in [2.75, 3.05) is 19.5 Å². The number of nitrogens with one attached hydrogen (secondary N) is 1. The summed E-state index contributed by atoms with van der Waals surface area (Å²) in [5.41, 5.74) is 4.38. The van der Waals surface area contributed by atoms with Crippen molar-refractivity contribution in [2.45, 2.75) is 63.9 Å². The third-order valence-electron chi connectivity index (χ3n) is 6.04. The summed E-state index contributed by atoms with van der Waals surface area (Å²) in [6, 6.07) is 7.13. The number of anilines is 1. The summed E-state index contributed by atoms with van der Waals surface area (Å²) < 4.78 is 42.8. The number of carbonyl (C=O) groups excluding carboxylic acids is 1. The lowest BCUT2D eigenvalue weighted by Crippen LogP contribution is -2.44. The number of aliphatic hydroxyl groups excluding tert-OH is 1. The molecule has 218 valence electrons. The van der Waals surface area contributed by atoms with Crippen LogP contribution in [0.1, 0.15) is 33.9 Å². The lowest BCUT2D eigenvalue weighted by Gasteiger charge is -2.27. The number of nitrogens with two attached hydrogens (primary N) is 1. The van der Waals surface area contributed by atoms with E-state index >= 15 is 0 Å². The molecule has 2 aromatic heterocycles. The first-order valence-electron chi connectivity index (χ1n) is 12.4. The summed E-state index contributed by atoms with van der Waals surface area (Å²) in [6.07, 6.45) is -2.96. The van der Waals surface area contributed by atoms with Crippen LogP contribution < -0.4 is 20.1 Å². The van der Waals surface area contributed by atoms with Crippen LogP contribution in [0.25, 0.3) is 11.2 Å². The molecule has 0 amide bonds. The molecular formula is C24H33N6O9P. The lowest BCUT2D eigenvalue weighted by molar-refractivity contribution is -0.149. The molecule has 15 nitrogen and oxygen atoms in total. The number of imidazole rings is 1. The van der Waals surface area contributed by atoms with Crippen LogP contribution in [0, 0.1) is 0 Å². The molecular weight excluding hydrogens is 547 g/mol. The van der Waals surface area contributed by atoms with Crippen molar-refractivity contribution in [2.24, 2.45) is 0 Å². The normalized spacial score (nSPS) is 25.1. The van der Waals surface area contributed by atoms with E-state index in [1.807, 2.05) is 0 Å². The van der Waals surface area contributed by atoms with E-state index in [9.17, 15) is 19.6 Å². The van der Waals surface area contributed by atoms with E-state index in [1.165, 1.54) is 31.9 Å². The Morgan fingerprint density at radius 1 is 1.27 bits per heavy atom. The van der Waals surface area contributed by atoms with Crippen molar-refractivity contribution < 1.29 is 42.8 Å². The highest BCUT2D eigenvalue weighted by atomic mass is 31.2. The van der Waals surface area contributed by atoms with E-state index < -0.39 is 56.5 Å². The number of aromatic nitrogens is 4. The molecule has 1 unspecified atom stereocenters. The Morgan fingerprint density at radius 2 is 1.98 bits per heavy atom. The van der Waals surface area contributed by atoms with Crippen molar-refractivity contribution >= 4 is 30.8 Å². The Hall–Kier alpha value is -3.33. The minimum atomic E-state index is -4.25. The number of para-hydroxylation sites is 1. The van der Waals surface area contributed by atoms with E-state index in [0.29, 0.717) is 0 Å². The van der Waals surface area contributed by atoms with Gasteiger partial charge in [-0.15, -0.1) is 0 Å². The predicted molar refractivity (Wildman–Crippen MR) is 141 cm³/mol. The van der Waals surface area contributed by atoms with Gasteiger partial charge in [-0.2, -0.15) is 15.1 Å². The van der Waals surface area contributed by atoms with Gasteiger partial charge in [0.05, 0.1) is 26.1 Å². The first-order chi connectivity index (χ1) is 18.8. The summed E-state index contributed by atoms with van der Waals surface area (Å²) in [5, 5.41) is 24.8. The number of esters is 1. The largest absolute Gasteiger partial charge is 0.479 e. The molecule has 3 aromatic rings. The Bertz CT molecular complexity index is 1390. The van der Waals surface area contributed by atoms with Gasteiger partial charge in [-0.3, -0.25) is 13.9 Å². The number of hydrogen-bond acceptors (Lipinski definition) is 13. The average molecular weight is 581 g/mol. The van der Waals surface area contributed by atoms with Gasteiger partial charge >= 0.3 is 13.7 Å². The minimum Gasteiger partial charge on any atom is -0.479 e. The number of aliphatic hydroxyl groups is 2. The van der Waals surface area contributed by atoms with Gasteiger partial charge in [0.2, 0.25) is 11.8 Å². The van der Waals surface area contributed by atoms with E-state index in [4.69, 9.17) is 29.0 Å². The number of nitrogen functional groups attached to an aromatic ring is 1. The second-order valence-electron chi connectivity index (χ2n) is 9.65. The summed E-state index contributed by atoms with van der Waals surface area (Å²) in [5.74, 6) is -0.440. The van der Waals surface area contributed by atoms with Crippen molar-refractivity contribution in [1.82, 2.24) is 24.6 Å². The van der Waals surface area contributed by atoms with Crippen LogP contribution in [0.2, 0.25) is 0 Å². The van der Waals surface area contributed by atoms with Gasteiger partial charge in [-0.05, 0) is 39.8 Å². The first kappa shape index (κ1) is 29.6. The Labute approximate surface area is 230 Å². The number of benzene rings is 1. The van der Waals surface area contributed by atoms with Crippen LogP contribution in [-0.2, 0) is 23.4 Å². The number of carbonyl (C=O) groups is 1. The van der Waals surface area contributed by atoms with Gasteiger partial charge in [0.25, 0.3) is 0 Å². The fourth-order valence-corrected chi connectivity index (χ4v) is 5.61. The summed E-state index contributed by atoms with van der Waals surface area (Å²) in [4.78, 5) is 24.8. The molecule has 1 fully saturated rings. The van der Waals surface area contributed by atoms with E-state index in [0.717, 1.165) is 0 Å². The van der Waals surface area contributed by atoms with E-state index in [1.54, 1.807) is 44.2 Å². The standard InChI is InChI=1S/C24H33N6O9P/c1-13(2)37-21(32)14(3)29-40(34,39-15-9-7-6-8-10-15)36-11-16-18(31)24(4,33)22(38-16)30-12-26-17-19(30)27-23(25)28-20(17)35-5/h6-10,12-14,16,18,22,31,33H,11H2,1-5H3,(H,29,34)(H2,25,27,28)/t14?,16-,18-,22-,24-,40+/m1/s1. The molecule has 1 aliphatic rings.